The minimum Gasteiger partial charge on any atom is -0.313 e. The number of hydrogen-bond donors (Lipinski definition) is 1. The second-order valence-electron chi connectivity index (χ2n) is 5.46. The Kier molecular flexibility index (Phi) is 5.14. The van der Waals surface area contributed by atoms with Crippen molar-refractivity contribution < 1.29 is 4.39 Å². The van der Waals surface area contributed by atoms with E-state index in [1.165, 1.54) is 6.07 Å². The van der Waals surface area contributed by atoms with Crippen LogP contribution in [0.2, 0.25) is 0 Å². The van der Waals surface area contributed by atoms with Crippen molar-refractivity contribution in [3.63, 3.8) is 0 Å². The monoisotopic (exact) mass is 301 g/mol. The van der Waals surface area contributed by atoms with Gasteiger partial charge in [0.05, 0.1) is 0 Å². The van der Waals surface area contributed by atoms with E-state index in [-0.39, 0.29) is 11.2 Å². The fourth-order valence-corrected chi connectivity index (χ4v) is 2.41. The number of hydrogen-bond acceptors (Lipinski definition) is 1. The summed E-state index contributed by atoms with van der Waals surface area (Å²) in [4.78, 5) is 0. The van der Waals surface area contributed by atoms with Crippen molar-refractivity contribution in [3.05, 3.63) is 34.1 Å². The highest BCUT2D eigenvalue weighted by molar-refractivity contribution is 9.10. The van der Waals surface area contributed by atoms with Gasteiger partial charge in [-0.05, 0) is 42.1 Å². The number of benzene rings is 1. The van der Waals surface area contributed by atoms with Gasteiger partial charge in [0.2, 0.25) is 0 Å². The third-order valence-electron chi connectivity index (χ3n) is 2.86. The quantitative estimate of drug-likeness (QED) is 0.881. The minimum absolute atomic E-state index is 0.162. The Hall–Kier alpha value is -0.410. The van der Waals surface area contributed by atoms with Gasteiger partial charge in [-0.2, -0.15) is 0 Å². The summed E-state index contributed by atoms with van der Waals surface area (Å²) in [7, 11) is 0. The fraction of sp³-hybridized carbons (Fsp3) is 0.571. The molecule has 3 heteroatoms. The maximum absolute atomic E-state index is 13.3. The normalized spacial score (nSPS) is 13.8. The van der Waals surface area contributed by atoms with Gasteiger partial charge in [0.25, 0.3) is 0 Å². The van der Waals surface area contributed by atoms with Crippen LogP contribution in [-0.4, -0.2) is 12.6 Å². The van der Waals surface area contributed by atoms with Gasteiger partial charge in [0.15, 0.2) is 0 Å². The van der Waals surface area contributed by atoms with Crippen molar-refractivity contribution in [1.82, 2.24) is 5.32 Å². The Balaban J connectivity index is 2.86. The molecule has 1 aromatic rings. The predicted octanol–water partition coefficient (Wildman–Crippen LogP) is 4.15. The van der Waals surface area contributed by atoms with Crippen LogP contribution in [0, 0.1) is 11.2 Å². The molecule has 0 aliphatic heterocycles. The van der Waals surface area contributed by atoms with Crippen molar-refractivity contribution in [2.75, 3.05) is 6.54 Å². The lowest BCUT2D eigenvalue weighted by Gasteiger charge is -2.31. The zero-order valence-corrected chi connectivity index (χ0v) is 12.6. The van der Waals surface area contributed by atoms with Gasteiger partial charge in [-0.3, -0.25) is 0 Å². The van der Waals surface area contributed by atoms with Crippen LogP contribution in [0.1, 0.15) is 33.3 Å². The molecule has 0 saturated carbocycles. The van der Waals surface area contributed by atoms with E-state index < -0.39 is 0 Å². The zero-order valence-electron chi connectivity index (χ0n) is 11.0. The van der Waals surface area contributed by atoms with E-state index in [9.17, 15) is 4.39 Å². The highest BCUT2D eigenvalue weighted by Crippen LogP contribution is 2.24. The summed E-state index contributed by atoms with van der Waals surface area (Å²) in [6.07, 6.45) is 0.841. The summed E-state index contributed by atoms with van der Waals surface area (Å²) >= 11 is 3.33. The molecule has 1 rings (SSSR count). The molecule has 0 aliphatic rings. The molecule has 17 heavy (non-hydrogen) atoms. The van der Waals surface area contributed by atoms with Crippen LogP contribution in [0.25, 0.3) is 0 Å². The Morgan fingerprint density at radius 3 is 2.41 bits per heavy atom. The maximum Gasteiger partial charge on any atom is 0.124 e. The third-order valence-corrected chi connectivity index (χ3v) is 3.32. The van der Waals surface area contributed by atoms with E-state index in [0.717, 1.165) is 23.0 Å². The molecule has 0 fully saturated rings. The summed E-state index contributed by atoms with van der Waals surface area (Å²) in [5.74, 6) is -0.182. The average molecular weight is 302 g/mol. The second-order valence-corrected chi connectivity index (χ2v) is 6.37. The summed E-state index contributed by atoms with van der Waals surface area (Å²) in [6, 6.07) is 5.43. The molecule has 1 atom stereocenters. The summed E-state index contributed by atoms with van der Waals surface area (Å²) in [6.45, 7) is 9.64. The Morgan fingerprint density at radius 1 is 1.29 bits per heavy atom. The van der Waals surface area contributed by atoms with Gasteiger partial charge in [-0.15, -0.1) is 0 Å². The second kappa shape index (κ2) is 5.96. The first-order valence-electron chi connectivity index (χ1n) is 6.01. The Morgan fingerprint density at radius 2 is 1.94 bits per heavy atom. The molecule has 0 aromatic heterocycles. The van der Waals surface area contributed by atoms with Gasteiger partial charge >= 0.3 is 0 Å². The minimum atomic E-state index is -0.182. The number of halogens is 2. The van der Waals surface area contributed by atoms with Crippen LogP contribution in [-0.2, 0) is 6.42 Å². The topological polar surface area (TPSA) is 12.0 Å². The molecule has 0 radical (unpaired) electrons. The SMILES string of the molecule is CCNC(Cc1cc(F)cc(Br)c1)C(C)(C)C. The fourth-order valence-electron chi connectivity index (χ4n) is 1.90. The lowest BCUT2D eigenvalue weighted by atomic mass is 9.83. The van der Waals surface area contributed by atoms with Crippen LogP contribution >= 0.6 is 15.9 Å². The van der Waals surface area contributed by atoms with Crippen molar-refractivity contribution >= 4 is 15.9 Å². The van der Waals surface area contributed by atoms with Crippen molar-refractivity contribution in [2.45, 2.75) is 40.2 Å². The van der Waals surface area contributed by atoms with Crippen LogP contribution in [0.3, 0.4) is 0 Å². The maximum atomic E-state index is 13.3. The van der Waals surface area contributed by atoms with E-state index in [2.05, 4.69) is 48.9 Å². The van der Waals surface area contributed by atoms with E-state index in [1.807, 2.05) is 6.07 Å². The standard InChI is InChI=1S/C14H21BrFN/c1-5-17-13(14(2,3)4)8-10-6-11(15)9-12(16)7-10/h6-7,9,13,17H,5,8H2,1-4H3. The van der Waals surface area contributed by atoms with Crippen LogP contribution in [0.4, 0.5) is 4.39 Å². The molecule has 0 amide bonds. The van der Waals surface area contributed by atoms with Gasteiger partial charge < -0.3 is 5.32 Å². The molecular formula is C14H21BrFN. The molecule has 1 nitrogen and oxygen atoms in total. The zero-order chi connectivity index (χ0) is 13.1. The summed E-state index contributed by atoms with van der Waals surface area (Å²) in [5, 5.41) is 3.47. The third kappa shape index (κ3) is 4.76. The molecule has 1 aromatic carbocycles. The van der Waals surface area contributed by atoms with E-state index >= 15 is 0 Å². The largest absolute Gasteiger partial charge is 0.313 e. The van der Waals surface area contributed by atoms with Gasteiger partial charge in [0, 0.05) is 10.5 Å². The highest BCUT2D eigenvalue weighted by atomic mass is 79.9. The van der Waals surface area contributed by atoms with Crippen LogP contribution in [0.5, 0.6) is 0 Å². The molecule has 1 N–H and O–H groups in total. The molecule has 0 saturated heterocycles. The first-order chi connectivity index (χ1) is 7.82. The Bertz CT molecular complexity index is 351. The van der Waals surface area contributed by atoms with E-state index in [4.69, 9.17) is 0 Å². The van der Waals surface area contributed by atoms with Gasteiger partial charge in [-0.25, -0.2) is 4.39 Å². The highest BCUT2D eigenvalue weighted by Gasteiger charge is 2.23. The van der Waals surface area contributed by atoms with Crippen LogP contribution in [0.15, 0.2) is 22.7 Å². The van der Waals surface area contributed by atoms with E-state index in [0.29, 0.717) is 6.04 Å². The lowest BCUT2D eigenvalue weighted by Crippen LogP contribution is -2.41. The molecule has 0 bridgehead atoms. The number of rotatable bonds is 4. The smallest absolute Gasteiger partial charge is 0.124 e. The number of likely N-dealkylation sites (N-methyl/N-ethyl adjacent to an activating group) is 1. The molecule has 1 unspecified atom stereocenters. The summed E-state index contributed by atoms with van der Waals surface area (Å²) in [5.41, 5.74) is 1.19. The molecule has 0 spiro atoms. The van der Waals surface area contributed by atoms with Crippen molar-refractivity contribution in [2.24, 2.45) is 5.41 Å². The lowest BCUT2D eigenvalue weighted by molar-refractivity contribution is 0.270. The first kappa shape index (κ1) is 14.7. The van der Waals surface area contributed by atoms with Gasteiger partial charge in [0.1, 0.15) is 5.82 Å². The predicted molar refractivity (Wildman–Crippen MR) is 74.7 cm³/mol. The van der Waals surface area contributed by atoms with Crippen LogP contribution < -0.4 is 5.32 Å². The van der Waals surface area contributed by atoms with Crippen molar-refractivity contribution in [3.8, 4) is 0 Å². The molecule has 96 valence electrons. The molecule has 0 aliphatic carbocycles. The van der Waals surface area contributed by atoms with Crippen molar-refractivity contribution in [1.29, 1.82) is 0 Å². The summed E-state index contributed by atoms with van der Waals surface area (Å²) < 4.78 is 14.1. The molecular weight excluding hydrogens is 281 g/mol. The first-order valence-corrected chi connectivity index (χ1v) is 6.80. The Labute approximate surface area is 112 Å². The van der Waals surface area contributed by atoms with E-state index in [1.54, 1.807) is 6.07 Å². The number of nitrogens with one attached hydrogen (secondary N) is 1. The molecule has 0 heterocycles. The van der Waals surface area contributed by atoms with Gasteiger partial charge in [-0.1, -0.05) is 43.6 Å². The average Bonchev–Trinajstić information content (AvgIpc) is 2.13.